The van der Waals surface area contributed by atoms with E-state index in [1.165, 1.54) is 5.56 Å². The molecule has 2 N–H and O–H groups in total. The topological polar surface area (TPSA) is 54.0 Å². The molecule has 4 nitrogen and oxygen atoms in total. The fraction of sp³-hybridized carbons (Fsp3) is 0.217. The highest BCUT2D eigenvalue weighted by molar-refractivity contribution is 5.92. The minimum Gasteiger partial charge on any atom is -0.325 e. The van der Waals surface area contributed by atoms with Gasteiger partial charge in [0.25, 0.3) is 0 Å². The number of aromatic nitrogens is 1. The van der Waals surface area contributed by atoms with Gasteiger partial charge in [0.2, 0.25) is 5.91 Å². The number of rotatable bonds is 7. The van der Waals surface area contributed by atoms with Crippen molar-refractivity contribution in [3.8, 4) is 0 Å². The van der Waals surface area contributed by atoms with E-state index in [9.17, 15) is 4.79 Å². The van der Waals surface area contributed by atoms with E-state index in [0.29, 0.717) is 5.92 Å². The largest absolute Gasteiger partial charge is 0.325 e. The SMILES string of the molecule is CC(C)c1ccc(NC(=O)CNC(c2ccccc2)c2ccccn2)cc1. The summed E-state index contributed by atoms with van der Waals surface area (Å²) < 4.78 is 0. The van der Waals surface area contributed by atoms with Gasteiger partial charge in [0, 0.05) is 11.9 Å². The third-order valence-electron chi connectivity index (χ3n) is 4.44. The van der Waals surface area contributed by atoms with Crippen molar-refractivity contribution in [2.45, 2.75) is 25.8 Å². The van der Waals surface area contributed by atoms with Crippen LogP contribution in [0.5, 0.6) is 0 Å². The molecule has 1 aromatic heterocycles. The minimum atomic E-state index is -0.138. The van der Waals surface area contributed by atoms with Crippen LogP contribution in [-0.2, 0) is 4.79 Å². The van der Waals surface area contributed by atoms with Gasteiger partial charge in [-0.3, -0.25) is 15.1 Å². The van der Waals surface area contributed by atoms with Crippen LogP contribution < -0.4 is 10.6 Å². The number of anilines is 1. The Balaban J connectivity index is 1.65. The van der Waals surface area contributed by atoms with Crippen molar-refractivity contribution in [1.82, 2.24) is 10.3 Å². The smallest absolute Gasteiger partial charge is 0.238 e. The van der Waals surface area contributed by atoms with E-state index in [-0.39, 0.29) is 18.5 Å². The fourth-order valence-corrected chi connectivity index (χ4v) is 2.94. The third kappa shape index (κ3) is 5.25. The Labute approximate surface area is 160 Å². The molecule has 0 aliphatic rings. The Kier molecular flexibility index (Phi) is 6.34. The lowest BCUT2D eigenvalue weighted by Crippen LogP contribution is -2.32. The molecule has 0 saturated carbocycles. The number of carbonyl (C=O) groups excluding carboxylic acids is 1. The number of hydrogen-bond donors (Lipinski definition) is 2. The molecule has 2 aromatic carbocycles. The predicted molar refractivity (Wildman–Crippen MR) is 110 cm³/mol. The number of pyridine rings is 1. The van der Waals surface area contributed by atoms with Crippen LogP contribution in [0.4, 0.5) is 5.69 Å². The molecule has 1 unspecified atom stereocenters. The lowest BCUT2D eigenvalue weighted by Gasteiger charge is -2.18. The number of nitrogens with zero attached hydrogens (tertiary/aromatic N) is 1. The van der Waals surface area contributed by atoms with E-state index in [2.05, 4.69) is 29.5 Å². The molecular weight excluding hydrogens is 334 g/mol. The normalized spacial score (nSPS) is 12.0. The summed E-state index contributed by atoms with van der Waals surface area (Å²) in [5, 5.41) is 6.27. The van der Waals surface area contributed by atoms with Gasteiger partial charge in [0.15, 0.2) is 0 Å². The average molecular weight is 359 g/mol. The monoisotopic (exact) mass is 359 g/mol. The quantitative estimate of drug-likeness (QED) is 0.652. The first kappa shape index (κ1) is 18.8. The molecule has 0 radical (unpaired) electrons. The highest BCUT2D eigenvalue weighted by Crippen LogP contribution is 2.20. The number of carbonyl (C=O) groups is 1. The highest BCUT2D eigenvalue weighted by atomic mass is 16.1. The summed E-state index contributed by atoms with van der Waals surface area (Å²) >= 11 is 0. The molecule has 0 aliphatic heterocycles. The first-order chi connectivity index (χ1) is 13.1. The van der Waals surface area contributed by atoms with Crippen molar-refractivity contribution < 1.29 is 4.79 Å². The Morgan fingerprint density at radius 3 is 2.22 bits per heavy atom. The van der Waals surface area contributed by atoms with Crippen LogP contribution in [0.15, 0.2) is 79.0 Å². The van der Waals surface area contributed by atoms with Crippen LogP contribution in [0.1, 0.15) is 42.6 Å². The van der Waals surface area contributed by atoms with E-state index in [1.807, 2.05) is 72.8 Å². The molecule has 1 amide bonds. The zero-order valence-electron chi connectivity index (χ0n) is 15.7. The van der Waals surface area contributed by atoms with Gasteiger partial charge in [-0.15, -0.1) is 0 Å². The maximum atomic E-state index is 12.4. The Hall–Kier alpha value is -2.98. The molecule has 3 rings (SSSR count). The van der Waals surface area contributed by atoms with Crippen molar-refractivity contribution >= 4 is 11.6 Å². The van der Waals surface area contributed by atoms with Gasteiger partial charge in [0.1, 0.15) is 0 Å². The summed E-state index contributed by atoms with van der Waals surface area (Å²) in [6, 6.07) is 23.7. The molecule has 3 aromatic rings. The van der Waals surface area contributed by atoms with Crippen LogP contribution in [0, 0.1) is 0 Å². The van der Waals surface area contributed by atoms with Crippen LogP contribution in [0.3, 0.4) is 0 Å². The second-order valence-corrected chi connectivity index (χ2v) is 6.80. The summed E-state index contributed by atoms with van der Waals surface area (Å²) in [5.41, 5.74) is 4.02. The molecule has 27 heavy (non-hydrogen) atoms. The Morgan fingerprint density at radius 1 is 0.889 bits per heavy atom. The van der Waals surface area contributed by atoms with E-state index in [0.717, 1.165) is 16.9 Å². The summed E-state index contributed by atoms with van der Waals surface area (Å²) in [4.78, 5) is 16.9. The van der Waals surface area contributed by atoms with E-state index < -0.39 is 0 Å². The number of hydrogen-bond acceptors (Lipinski definition) is 3. The van der Waals surface area contributed by atoms with Crippen molar-refractivity contribution in [1.29, 1.82) is 0 Å². The van der Waals surface area contributed by atoms with Crippen molar-refractivity contribution in [2.75, 3.05) is 11.9 Å². The van der Waals surface area contributed by atoms with Gasteiger partial charge in [-0.1, -0.05) is 62.4 Å². The second kappa shape index (κ2) is 9.10. The third-order valence-corrected chi connectivity index (χ3v) is 4.44. The summed E-state index contributed by atoms with van der Waals surface area (Å²) in [7, 11) is 0. The molecule has 0 saturated heterocycles. The predicted octanol–water partition coefficient (Wildman–Crippen LogP) is 4.52. The zero-order valence-corrected chi connectivity index (χ0v) is 15.7. The van der Waals surface area contributed by atoms with Crippen molar-refractivity contribution in [3.05, 3.63) is 95.8 Å². The molecule has 0 fully saturated rings. The molecule has 1 heterocycles. The van der Waals surface area contributed by atoms with Gasteiger partial charge in [-0.05, 0) is 41.3 Å². The van der Waals surface area contributed by atoms with E-state index in [1.54, 1.807) is 6.20 Å². The first-order valence-corrected chi connectivity index (χ1v) is 9.22. The second-order valence-electron chi connectivity index (χ2n) is 6.80. The van der Waals surface area contributed by atoms with Crippen molar-refractivity contribution in [2.24, 2.45) is 0 Å². The Morgan fingerprint density at radius 2 is 1.59 bits per heavy atom. The molecule has 138 valence electrons. The van der Waals surface area contributed by atoms with Crippen LogP contribution in [0.25, 0.3) is 0 Å². The van der Waals surface area contributed by atoms with E-state index in [4.69, 9.17) is 0 Å². The first-order valence-electron chi connectivity index (χ1n) is 9.22. The molecular formula is C23H25N3O. The average Bonchev–Trinajstić information content (AvgIpc) is 2.70. The maximum Gasteiger partial charge on any atom is 0.238 e. The highest BCUT2D eigenvalue weighted by Gasteiger charge is 2.16. The molecule has 0 spiro atoms. The van der Waals surface area contributed by atoms with Gasteiger partial charge < -0.3 is 5.32 Å². The van der Waals surface area contributed by atoms with Gasteiger partial charge in [-0.25, -0.2) is 0 Å². The maximum absolute atomic E-state index is 12.4. The minimum absolute atomic E-state index is 0.0795. The van der Waals surface area contributed by atoms with Gasteiger partial charge >= 0.3 is 0 Å². The molecule has 1 atom stereocenters. The number of benzene rings is 2. The lowest BCUT2D eigenvalue weighted by molar-refractivity contribution is -0.115. The van der Waals surface area contributed by atoms with Crippen LogP contribution in [0.2, 0.25) is 0 Å². The van der Waals surface area contributed by atoms with Crippen LogP contribution in [-0.4, -0.2) is 17.4 Å². The summed E-state index contributed by atoms with van der Waals surface area (Å²) in [5.74, 6) is 0.394. The lowest BCUT2D eigenvalue weighted by atomic mass is 10.0. The molecule has 0 bridgehead atoms. The standard InChI is InChI=1S/C23H25N3O/c1-17(2)18-11-13-20(14-12-18)26-22(27)16-25-23(19-8-4-3-5-9-19)21-10-6-7-15-24-21/h3-15,17,23,25H,16H2,1-2H3,(H,26,27). The van der Waals surface area contributed by atoms with Crippen LogP contribution >= 0.6 is 0 Å². The summed E-state index contributed by atoms with van der Waals surface area (Å²) in [6.07, 6.45) is 1.77. The van der Waals surface area contributed by atoms with Gasteiger partial charge in [-0.2, -0.15) is 0 Å². The van der Waals surface area contributed by atoms with E-state index >= 15 is 0 Å². The number of amides is 1. The molecule has 4 heteroatoms. The molecule has 0 aliphatic carbocycles. The van der Waals surface area contributed by atoms with Crippen molar-refractivity contribution in [3.63, 3.8) is 0 Å². The Bertz CT molecular complexity index is 806. The zero-order chi connectivity index (χ0) is 19.1. The fourth-order valence-electron chi connectivity index (χ4n) is 2.94. The summed E-state index contributed by atoms with van der Waals surface area (Å²) in [6.45, 7) is 4.50. The number of nitrogens with one attached hydrogen (secondary N) is 2. The van der Waals surface area contributed by atoms with Gasteiger partial charge in [0.05, 0.1) is 18.3 Å².